The van der Waals surface area contributed by atoms with Gasteiger partial charge in [0.1, 0.15) is 0 Å². The van der Waals surface area contributed by atoms with Crippen LogP contribution in [0.2, 0.25) is 0 Å². The van der Waals surface area contributed by atoms with Crippen LogP contribution in [0.3, 0.4) is 0 Å². The third kappa shape index (κ3) is 4.92. The van der Waals surface area contributed by atoms with Crippen molar-refractivity contribution in [3.63, 3.8) is 0 Å². The van der Waals surface area contributed by atoms with E-state index in [1.54, 1.807) is 0 Å². The van der Waals surface area contributed by atoms with Gasteiger partial charge in [-0.3, -0.25) is 0 Å². The van der Waals surface area contributed by atoms with Gasteiger partial charge in [0.2, 0.25) is 0 Å². The van der Waals surface area contributed by atoms with Gasteiger partial charge in [-0.05, 0) is 64.9 Å². The van der Waals surface area contributed by atoms with Crippen LogP contribution in [-0.4, -0.2) is 52.6 Å². The predicted molar refractivity (Wildman–Crippen MR) is 135 cm³/mol. The highest BCUT2D eigenvalue weighted by Crippen LogP contribution is 2.33. The fourth-order valence-electron chi connectivity index (χ4n) is 4.77. The lowest BCUT2D eigenvalue weighted by Crippen LogP contribution is -2.36. The van der Waals surface area contributed by atoms with E-state index in [-0.39, 0.29) is 0 Å². The molecule has 2 heterocycles. The third-order valence-corrected chi connectivity index (χ3v) is 6.53. The van der Waals surface area contributed by atoms with E-state index in [2.05, 4.69) is 72.7 Å². The van der Waals surface area contributed by atoms with Gasteiger partial charge in [0.05, 0.1) is 26.4 Å². The molecule has 2 aromatic carbocycles. The molecule has 0 bridgehead atoms. The van der Waals surface area contributed by atoms with Gasteiger partial charge in [-0.2, -0.15) is 0 Å². The van der Waals surface area contributed by atoms with Crippen molar-refractivity contribution in [1.29, 1.82) is 0 Å². The summed E-state index contributed by atoms with van der Waals surface area (Å²) in [6, 6.07) is 13.8. The first-order valence-electron chi connectivity index (χ1n) is 12.0. The average molecular weight is 433 g/mol. The Morgan fingerprint density at radius 3 is 1.59 bits per heavy atom. The van der Waals surface area contributed by atoms with Crippen molar-refractivity contribution >= 4 is 16.9 Å². The molecule has 4 rings (SSSR count). The van der Waals surface area contributed by atoms with Gasteiger partial charge < -0.3 is 19.3 Å². The maximum Gasteiger partial charge on any atom is 0.0642 e. The molecule has 2 saturated heterocycles. The van der Waals surface area contributed by atoms with Crippen LogP contribution in [0.1, 0.15) is 36.1 Å². The molecule has 4 nitrogen and oxygen atoms in total. The quantitative estimate of drug-likeness (QED) is 0.568. The maximum atomic E-state index is 5.55. The Morgan fingerprint density at radius 2 is 1.22 bits per heavy atom. The number of allylic oxidation sites excluding steroid dienone is 2. The van der Waals surface area contributed by atoms with Crippen molar-refractivity contribution < 1.29 is 9.47 Å². The molecule has 0 amide bonds. The maximum absolute atomic E-state index is 5.55. The van der Waals surface area contributed by atoms with Crippen molar-refractivity contribution in [3.8, 4) is 0 Å². The Hall–Kier alpha value is -2.56. The highest BCUT2D eigenvalue weighted by Gasteiger charge is 2.18. The topological polar surface area (TPSA) is 24.9 Å². The van der Waals surface area contributed by atoms with Crippen LogP contribution >= 0.6 is 0 Å². The predicted octanol–water partition coefficient (Wildman–Crippen LogP) is 5.10. The standard InChI is InChI=1S/C28H36N2O2/c1-4-7-26(24-8-10-27(22(5-2)20-24)29-12-16-31-17-13-29)25-9-11-28(23(6-3)21-25)30-14-18-32-19-15-30/h4,7-11,20-21H,1,5-6,12-19H2,2-3H3. The Kier molecular flexibility index (Phi) is 7.67. The molecule has 4 heteroatoms. The average Bonchev–Trinajstić information content (AvgIpc) is 2.87. The highest BCUT2D eigenvalue weighted by atomic mass is 16.5. The van der Waals surface area contributed by atoms with E-state index in [1.807, 2.05) is 6.08 Å². The van der Waals surface area contributed by atoms with E-state index in [1.165, 1.54) is 39.2 Å². The molecule has 170 valence electrons. The van der Waals surface area contributed by atoms with Crippen LogP contribution in [0.4, 0.5) is 11.4 Å². The van der Waals surface area contributed by atoms with Crippen LogP contribution in [0.5, 0.6) is 0 Å². The van der Waals surface area contributed by atoms with Gasteiger partial charge in [0.15, 0.2) is 0 Å². The number of benzene rings is 2. The van der Waals surface area contributed by atoms with E-state index >= 15 is 0 Å². The van der Waals surface area contributed by atoms with E-state index in [0.717, 1.165) is 65.4 Å². The number of morpholine rings is 2. The summed E-state index contributed by atoms with van der Waals surface area (Å²) in [6.45, 7) is 15.6. The third-order valence-electron chi connectivity index (χ3n) is 6.53. The molecule has 0 spiro atoms. The minimum absolute atomic E-state index is 0.807. The number of anilines is 2. The lowest BCUT2D eigenvalue weighted by molar-refractivity contribution is 0.122. The van der Waals surface area contributed by atoms with E-state index in [4.69, 9.17) is 9.47 Å². The Bertz CT molecular complexity index is 882. The van der Waals surface area contributed by atoms with E-state index < -0.39 is 0 Å². The molecule has 0 aliphatic carbocycles. The minimum Gasteiger partial charge on any atom is -0.378 e. The van der Waals surface area contributed by atoms with Gasteiger partial charge in [-0.25, -0.2) is 0 Å². The second kappa shape index (κ2) is 10.8. The summed E-state index contributed by atoms with van der Waals surface area (Å²) >= 11 is 0. The summed E-state index contributed by atoms with van der Waals surface area (Å²) in [6.07, 6.45) is 6.07. The number of rotatable bonds is 7. The first-order chi connectivity index (χ1) is 15.7. The van der Waals surface area contributed by atoms with Crippen LogP contribution in [0.15, 0.2) is 55.1 Å². The SMILES string of the molecule is C=CC=C(c1ccc(N2CCOCC2)c(CC)c1)c1ccc(N2CCOCC2)c(CC)c1. The van der Waals surface area contributed by atoms with Gasteiger partial charge in [-0.1, -0.05) is 44.7 Å². The lowest BCUT2D eigenvalue weighted by Gasteiger charge is -2.31. The molecule has 2 aliphatic heterocycles. The second-order valence-electron chi connectivity index (χ2n) is 8.41. The zero-order valence-corrected chi connectivity index (χ0v) is 19.6. The zero-order valence-electron chi connectivity index (χ0n) is 19.6. The van der Waals surface area contributed by atoms with Crippen molar-refractivity contribution in [2.75, 3.05) is 62.4 Å². The van der Waals surface area contributed by atoms with Crippen LogP contribution in [0.25, 0.3) is 5.57 Å². The van der Waals surface area contributed by atoms with Gasteiger partial charge in [-0.15, -0.1) is 0 Å². The number of ether oxygens (including phenoxy) is 2. The van der Waals surface area contributed by atoms with Crippen molar-refractivity contribution in [2.45, 2.75) is 26.7 Å². The minimum atomic E-state index is 0.807. The summed E-state index contributed by atoms with van der Waals surface area (Å²) in [5.41, 5.74) is 9.19. The van der Waals surface area contributed by atoms with Crippen LogP contribution in [-0.2, 0) is 22.3 Å². The molecule has 0 N–H and O–H groups in total. The monoisotopic (exact) mass is 432 g/mol. The molecular weight excluding hydrogens is 396 g/mol. The number of nitrogens with zero attached hydrogens (tertiary/aromatic N) is 2. The van der Waals surface area contributed by atoms with Gasteiger partial charge in [0, 0.05) is 37.6 Å². The van der Waals surface area contributed by atoms with Crippen LogP contribution in [0, 0.1) is 0 Å². The molecule has 32 heavy (non-hydrogen) atoms. The number of hydrogen-bond acceptors (Lipinski definition) is 4. The fourth-order valence-corrected chi connectivity index (χ4v) is 4.77. The van der Waals surface area contributed by atoms with Crippen molar-refractivity contribution in [1.82, 2.24) is 0 Å². The summed E-state index contributed by atoms with van der Waals surface area (Å²) in [4.78, 5) is 4.91. The summed E-state index contributed by atoms with van der Waals surface area (Å²) in [7, 11) is 0. The molecule has 0 unspecified atom stereocenters. The molecule has 0 aromatic heterocycles. The largest absolute Gasteiger partial charge is 0.378 e. The molecule has 0 saturated carbocycles. The molecule has 2 fully saturated rings. The second-order valence-corrected chi connectivity index (χ2v) is 8.41. The molecule has 2 aromatic rings. The molecule has 0 atom stereocenters. The normalized spacial score (nSPS) is 16.7. The Morgan fingerprint density at radius 1 is 0.781 bits per heavy atom. The van der Waals surface area contributed by atoms with Gasteiger partial charge in [0.25, 0.3) is 0 Å². The zero-order chi connectivity index (χ0) is 22.3. The fraction of sp³-hybridized carbons (Fsp3) is 0.429. The Labute approximate surface area is 193 Å². The molecule has 0 radical (unpaired) electrons. The smallest absolute Gasteiger partial charge is 0.0642 e. The summed E-state index contributed by atoms with van der Waals surface area (Å²) in [5, 5.41) is 0. The van der Waals surface area contributed by atoms with E-state index in [0.29, 0.717) is 0 Å². The van der Waals surface area contributed by atoms with Crippen molar-refractivity contribution in [2.24, 2.45) is 0 Å². The number of aryl methyl sites for hydroxylation is 2. The highest BCUT2D eigenvalue weighted by molar-refractivity contribution is 5.83. The van der Waals surface area contributed by atoms with E-state index in [9.17, 15) is 0 Å². The van der Waals surface area contributed by atoms with Crippen molar-refractivity contribution in [3.05, 3.63) is 77.4 Å². The van der Waals surface area contributed by atoms with Crippen LogP contribution < -0.4 is 9.80 Å². The molecule has 2 aliphatic rings. The summed E-state index contributed by atoms with van der Waals surface area (Å²) < 4.78 is 11.1. The number of hydrogen-bond donors (Lipinski definition) is 0. The first-order valence-corrected chi connectivity index (χ1v) is 12.0. The summed E-state index contributed by atoms with van der Waals surface area (Å²) in [5.74, 6) is 0. The van der Waals surface area contributed by atoms with Gasteiger partial charge >= 0.3 is 0 Å². The lowest BCUT2D eigenvalue weighted by atomic mass is 9.92. The Balaban J connectivity index is 1.67. The first kappa shape index (κ1) is 22.6. The molecular formula is C28H36N2O2.